The van der Waals surface area contributed by atoms with E-state index in [4.69, 9.17) is 14.5 Å². The minimum atomic E-state index is -0.858. The molecule has 3 aliphatic rings. The molecule has 352 valence electrons. The van der Waals surface area contributed by atoms with Crippen molar-refractivity contribution in [2.45, 2.75) is 92.0 Å². The zero-order chi connectivity index (χ0) is 47.4. The van der Waals surface area contributed by atoms with Crippen molar-refractivity contribution in [3.05, 3.63) is 78.3 Å². The molecule has 2 aromatic heterocycles. The van der Waals surface area contributed by atoms with Crippen molar-refractivity contribution in [2.75, 3.05) is 46.9 Å². The fourth-order valence-corrected chi connectivity index (χ4v) is 9.88. The molecule has 66 heavy (non-hydrogen) atoms. The fraction of sp³-hybridized carbons (Fsp3) is 0.500. The third-order valence-electron chi connectivity index (χ3n) is 13.1. The van der Waals surface area contributed by atoms with Gasteiger partial charge in [0.1, 0.15) is 23.5 Å². The smallest absolute Gasteiger partial charge is 0.324 e. The maximum atomic E-state index is 14.6. The lowest BCUT2D eigenvalue weighted by Crippen LogP contribution is -2.58. The Labute approximate surface area is 386 Å². The maximum Gasteiger partial charge on any atom is 0.324 e. The lowest BCUT2D eigenvalue weighted by Gasteiger charge is -2.36. The van der Waals surface area contributed by atoms with Gasteiger partial charge in [0, 0.05) is 75.6 Å². The number of cyclic esters (lactones) is 1. The van der Waals surface area contributed by atoms with Gasteiger partial charge in [0.25, 0.3) is 0 Å². The van der Waals surface area contributed by atoms with Crippen molar-refractivity contribution in [3.8, 4) is 28.3 Å². The van der Waals surface area contributed by atoms with Gasteiger partial charge < -0.3 is 34.3 Å². The number of aryl methyl sites for hydroxylation is 1. The Hall–Kier alpha value is -6.13. The number of rotatable bonds is 11. The number of ether oxygens (including phenoxy) is 2. The number of amides is 4. The molecule has 6 bridgehead atoms. The van der Waals surface area contributed by atoms with Crippen LogP contribution < -0.4 is 10.7 Å². The van der Waals surface area contributed by atoms with E-state index in [9.17, 15) is 29.1 Å². The molecular weight excluding hydrogens is 841 g/mol. The minimum absolute atomic E-state index is 0.0170. The van der Waals surface area contributed by atoms with Crippen molar-refractivity contribution in [1.29, 1.82) is 0 Å². The molecule has 5 heterocycles. The van der Waals surface area contributed by atoms with Crippen LogP contribution in [0.25, 0.3) is 33.4 Å². The molecule has 4 aromatic rings. The number of benzene rings is 2. The summed E-state index contributed by atoms with van der Waals surface area (Å²) < 4.78 is 13.9. The number of nitrogens with one attached hydrogen (secondary N) is 2. The van der Waals surface area contributed by atoms with Gasteiger partial charge in [0.05, 0.1) is 36.4 Å². The molecule has 16 heteroatoms. The van der Waals surface area contributed by atoms with Gasteiger partial charge in [-0.15, -0.1) is 0 Å². The number of nitrogens with zero attached hydrogens (tertiary/aromatic N) is 6. The summed E-state index contributed by atoms with van der Waals surface area (Å²) in [6.45, 7) is 15.4. The molecule has 4 amide bonds. The van der Waals surface area contributed by atoms with Crippen LogP contribution in [0.1, 0.15) is 70.7 Å². The topological polar surface area (TPSA) is 189 Å². The highest BCUT2D eigenvalue weighted by atomic mass is 16.5. The minimum Gasteiger partial charge on any atom is -0.508 e. The first kappa shape index (κ1) is 47.8. The van der Waals surface area contributed by atoms with E-state index in [1.807, 2.05) is 26.0 Å². The second kappa shape index (κ2) is 20.2. The Morgan fingerprint density at radius 2 is 1.86 bits per heavy atom. The zero-order valence-corrected chi connectivity index (χ0v) is 39.3. The Bertz CT molecular complexity index is 2500. The number of hydrazine groups is 1. The molecule has 3 aliphatic heterocycles. The van der Waals surface area contributed by atoms with E-state index < -0.39 is 41.2 Å². The van der Waals surface area contributed by atoms with Crippen LogP contribution in [-0.2, 0) is 59.4 Å². The van der Waals surface area contributed by atoms with E-state index in [-0.39, 0.29) is 62.1 Å². The average molecular weight is 905 g/mol. The summed E-state index contributed by atoms with van der Waals surface area (Å²) in [6, 6.07) is 9.85. The molecule has 2 fully saturated rings. The highest BCUT2D eigenvalue weighted by molar-refractivity contribution is 5.95. The van der Waals surface area contributed by atoms with Crippen molar-refractivity contribution < 1.29 is 38.6 Å². The predicted octanol–water partition coefficient (Wildman–Crippen LogP) is 5.05. The monoisotopic (exact) mass is 904 g/mol. The van der Waals surface area contributed by atoms with Crippen LogP contribution in [-0.4, -0.2) is 123 Å². The summed E-state index contributed by atoms with van der Waals surface area (Å²) in [6.07, 6.45) is 6.71. The number of aromatic hydroxyl groups is 1. The first-order valence-electron chi connectivity index (χ1n) is 23.0. The molecule has 0 unspecified atom stereocenters. The van der Waals surface area contributed by atoms with Gasteiger partial charge in [-0.2, -0.15) is 0 Å². The van der Waals surface area contributed by atoms with Gasteiger partial charge >= 0.3 is 5.97 Å². The van der Waals surface area contributed by atoms with Crippen LogP contribution in [0.15, 0.2) is 61.4 Å². The highest BCUT2D eigenvalue weighted by Gasteiger charge is 2.39. The van der Waals surface area contributed by atoms with Crippen molar-refractivity contribution in [3.63, 3.8) is 0 Å². The van der Waals surface area contributed by atoms with Gasteiger partial charge in [-0.05, 0) is 97.5 Å². The average Bonchev–Trinajstić information content (AvgIpc) is 3.91. The maximum absolute atomic E-state index is 14.6. The van der Waals surface area contributed by atoms with Gasteiger partial charge in [-0.1, -0.05) is 46.4 Å². The predicted molar refractivity (Wildman–Crippen MR) is 249 cm³/mol. The fourth-order valence-electron chi connectivity index (χ4n) is 9.88. The quantitative estimate of drug-likeness (QED) is 0.135. The molecular formula is C50H64N8O8. The summed E-state index contributed by atoms with van der Waals surface area (Å²) >= 11 is 0. The number of esters is 1. The summed E-state index contributed by atoms with van der Waals surface area (Å²) in [4.78, 5) is 81.2. The summed E-state index contributed by atoms with van der Waals surface area (Å²) in [5.74, 6) is -3.26. The second-order valence-corrected chi connectivity index (χ2v) is 19.0. The van der Waals surface area contributed by atoms with E-state index in [1.54, 1.807) is 43.6 Å². The number of aromatic nitrogens is 3. The summed E-state index contributed by atoms with van der Waals surface area (Å²) in [5.41, 5.74) is 9.14. The number of hydrogen-bond acceptors (Lipinski definition) is 11. The summed E-state index contributed by atoms with van der Waals surface area (Å²) in [5, 5.41) is 16.7. The molecule has 0 aliphatic carbocycles. The van der Waals surface area contributed by atoms with Gasteiger partial charge in [-0.3, -0.25) is 38.9 Å². The number of hydrogen-bond donors (Lipinski definition) is 3. The van der Waals surface area contributed by atoms with E-state index in [1.165, 1.54) is 16.0 Å². The van der Waals surface area contributed by atoms with Crippen molar-refractivity contribution >= 4 is 40.5 Å². The standard InChI is InChI=1S/C50H64N8O8/c1-9-42(60)56-19-15-33(27-56)47(62)55(7)44(30(3)4)46(61)53-26-35-21-31-20-34(23-36(59)22-31)32-13-14-41-37(24-32)38(45(57(41)10-2)43-40(28-65-8)51-16-17-52-43)25-50(5,6)29-66-49(64)39-12-11-18-58(54-39)48(35)63/h9,13-14,16-17,20,22-24,30,33,35,39,44,54,59H,1,10-12,15,18-19,21,25-29H2,2-8H3,(H,53,61)/t33-,35+,39-,44-/m0/s1. The molecule has 4 atom stereocenters. The molecule has 2 saturated heterocycles. The zero-order valence-electron chi connectivity index (χ0n) is 39.3. The normalized spacial score (nSPS) is 20.5. The van der Waals surface area contributed by atoms with Crippen LogP contribution >= 0.6 is 0 Å². The largest absolute Gasteiger partial charge is 0.508 e. The number of phenols is 1. The lowest BCUT2D eigenvalue weighted by molar-refractivity contribution is -0.155. The molecule has 0 spiro atoms. The molecule has 0 radical (unpaired) electrons. The Kier molecular flexibility index (Phi) is 14.6. The van der Waals surface area contributed by atoms with Crippen molar-refractivity contribution in [1.82, 2.24) is 40.1 Å². The molecule has 7 rings (SSSR count). The summed E-state index contributed by atoms with van der Waals surface area (Å²) in [7, 11) is 3.23. The van der Waals surface area contributed by atoms with E-state index >= 15 is 0 Å². The van der Waals surface area contributed by atoms with E-state index in [0.29, 0.717) is 62.3 Å². The van der Waals surface area contributed by atoms with Crippen LogP contribution in [0.2, 0.25) is 0 Å². The van der Waals surface area contributed by atoms with Crippen molar-refractivity contribution in [2.24, 2.45) is 23.2 Å². The number of fused-ring (bicyclic) bond motifs is 6. The van der Waals surface area contributed by atoms with Crippen LogP contribution in [0.4, 0.5) is 0 Å². The number of likely N-dealkylation sites (tertiary alicyclic amines) is 1. The highest BCUT2D eigenvalue weighted by Crippen LogP contribution is 2.41. The van der Waals surface area contributed by atoms with Gasteiger partial charge in [0.2, 0.25) is 23.6 Å². The third-order valence-corrected chi connectivity index (χ3v) is 13.1. The van der Waals surface area contributed by atoms with Gasteiger partial charge in [0.15, 0.2) is 0 Å². The number of carbonyl (C=O) groups is 5. The number of methoxy groups -OCH3 is 1. The third kappa shape index (κ3) is 10.1. The SMILES string of the molecule is C=CC(=O)N1CC[C@H](C(=O)N(C)[C@H](C(=O)NC[C@H]2Cc3cc(O)cc(c3)-c3ccc4c(c3)c(c(-c3nccnc3COC)n4CC)CC(C)(C)COC(=O)[C@@H]3CCCN(N3)C2=O)C(C)C)C1. The van der Waals surface area contributed by atoms with Crippen LogP contribution in [0, 0.1) is 23.2 Å². The lowest BCUT2D eigenvalue weighted by atomic mass is 9.84. The van der Waals surface area contributed by atoms with Crippen LogP contribution in [0.3, 0.4) is 0 Å². The second-order valence-electron chi connectivity index (χ2n) is 19.0. The van der Waals surface area contributed by atoms with E-state index in [2.05, 4.69) is 59.8 Å². The molecule has 0 saturated carbocycles. The number of likely N-dealkylation sites (N-methyl/N-ethyl adjacent to an activating group) is 1. The molecule has 16 nitrogen and oxygen atoms in total. The number of phenolic OH excluding ortho intramolecular Hbond substituents is 1. The molecule has 2 aromatic carbocycles. The first-order chi connectivity index (χ1) is 31.5. The Morgan fingerprint density at radius 1 is 1.09 bits per heavy atom. The Balaban J connectivity index is 1.26. The molecule has 3 N–H and O–H groups in total. The van der Waals surface area contributed by atoms with Gasteiger partial charge in [-0.25, -0.2) is 5.43 Å². The Morgan fingerprint density at radius 3 is 2.59 bits per heavy atom. The first-order valence-corrected chi connectivity index (χ1v) is 23.0. The number of carbonyl (C=O) groups excluding carboxylic acids is 5. The van der Waals surface area contributed by atoms with Crippen LogP contribution in [0.5, 0.6) is 5.75 Å². The van der Waals surface area contributed by atoms with E-state index in [0.717, 1.165) is 33.3 Å².